The molecule has 0 aromatic heterocycles. The number of hydrogen-bond donors (Lipinski definition) is 0. The van der Waals surface area contributed by atoms with Crippen LogP contribution < -0.4 is 0 Å². The van der Waals surface area contributed by atoms with Crippen LogP contribution in [0.25, 0.3) is 56.6 Å². The van der Waals surface area contributed by atoms with E-state index in [1.165, 1.54) is 49.0 Å². The zero-order valence-corrected chi connectivity index (χ0v) is 15.7. The molecule has 0 saturated carbocycles. The molecule has 5 rings (SSSR count). The quantitative estimate of drug-likeness (QED) is 0.226. The van der Waals surface area contributed by atoms with E-state index in [2.05, 4.69) is 98.1 Å². The molecule has 0 spiro atoms. The van der Waals surface area contributed by atoms with Gasteiger partial charge in [-0.15, -0.1) is 0 Å². The lowest BCUT2D eigenvalue weighted by Gasteiger charge is -2.14. The molecule has 132 valence electrons. The second-order valence-electron chi connectivity index (χ2n) is 7.14. The molecule has 0 aliphatic rings. The molecule has 0 heterocycles. The lowest BCUT2D eigenvalue weighted by molar-refractivity contribution is 1.63. The highest BCUT2D eigenvalue weighted by Crippen LogP contribution is 2.38. The predicted octanol–water partition coefficient (Wildman–Crippen LogP) is 8.04. The second kappa shape index (κ2) is 6.51. The lowest BCUT2D eigenvalue weighted by Crippen LogP contribution is -1.88. The van der Waals surface area contributed by atoms with Gasteiger partial charge in [-0.25, -0.2) is 0 Å². The Bertz CT molecular complexity index is 1360. The van der Waals surface area contributed by atoms with Gasteiger partial charge in [-0.1, -0.05) is 110 Å². The molecule has 0 N–H and O–H groups in total. The van der Waals surface area contributed by atoms with Gasteiger partial charge in [0.05, 0.1) is 0 Å². The van der Waals surface area contributed by atoms with Crippen molar-refractivity contribution in [1.29, 1.82) is 0 Å². The minimum atomic E-state index is 1.14. The van der Waals surface area contributed by atoms with Gasteiger partial charge in [-0.2, -0.15) is 0 Å². The Hall–Kier alpha value is -3.64. The summed E-state index contributed by atoms with van der Waals surface area (Å²) >= 11 is 0. The molecule has 0 nitrogen and oxygen atoms in total. The van der Waals surface area contributed by atoms with E-state index in [-0.39, 0.29) is 0 Å². The summed E-state index contributed by atoms with van der Waals surface area (Å²) in [4.78, 5) is 0. The van der Waals surface area contributed by atoms with Crippen molar-refractivity contribution in [2.45, 2.75) is 0 Å². The number of benzene rings is 5. The van der Waals surface area contributed by atoms with Crippen LogP contribution in [0.1, 0.15) is 22.3 Å². The maximum atomic E-state index is 3.99. The van der Waals surface area contributed by atoms with E-state index in [4.69, 9.17) is 0 Å². The first-order chi connectivity index (χ1) is 13.8. The van der Waals surface area contributed by atoms with E-state index in [1.807, 2.05) is 12.2 Å². The Balaban J connectivity index is 1.72. The van der Waals surface area contributed by atoms with Crippen molar-refractivity contribution in [3.05, 3.63) is 108 Å². The van der Waals surface area contributed by atoms with Crippen molar-refractivity contribution in [2.24, 2.45) is 0 Å². The molecule has 5 aromatic rings. The molecule has 0 bridgehead atoms. The average Bonchev–Trinajstić information content (AvgIpc) is 2.76. The second-order valence-corrected chi connectivity index (χ2v) is 7.14. The van der Waals surface area contributed by atoms with Crippen molar-refractivity contribution in [3.63, 3.8) is 0 Å². The normalized spacial score (nSPS) is 11.7. The summed E-state index contributed by atoms with van der Waals surface area (Å²) in [5.74, 6) is 0. The maximum Gasteiger partial charge on any atom is -0.00206 e. The standard InChI is InChI=1S/C28H20/c1-3-19-5-7-20(8-6-19)9-10-22-12-14-24-15-17-25-21(4-2)11-13-23-16-18-26(22)28(24)27(23)25/h3-18H,1-2H2. The third kappa shape index (κ3) is 2.54. The Morgan fingerprint density at radius 3 is 1.61 bits per heavy atom. The van der Waals surface area contributed by atoms with Crippen molar-refractivity contribution < 1.29 is 0 Å². The molecule has 0 fully saturated rings. The monoisotopic (exact) mass is 356 g/mol. The van der Waals surface area contributed by atoms with Gasteiger partial charge < -0.3 is 0 Å². The Morgan fingerprint density at radius 2 is 1.00 bits per heavy atom. The molecular formula is C28H20. The minimum Gasteiger partial charge on any atom is -0.0985 e. The highest BCUT2D eigenvalue weighted by molar-refractivity contribution is 6.25. The van der Waals surface area contributed by atoms with Crippen LogP contribution in [0.5, 0.6) is 0 Å². The SMILES string of the molecule is C=Cc1ccc(C=Cc2ccc3ccc4c(C=C)ccc5ccc2c3c54)cc1. The topological polar surface area (TPSA) is 0 Å². The van der Waals surface area contributed by atoms with Crippen molar-refractivity contribution in [3.8, 4) is 0 Å². The molecule has 0 aliphatic heterocycles. The molecule has 0 heteroatoms. The van der Waals surface area contributed by atoms with Crippen molar-refractivity contribution in [1.82, 2.24) is 0 Å². The van der Waals surface area contributed by atoms with E-state index in [0.29, 0.717) is 0 Å². The summed E-state index contributed by atoms with van der Waals surface area (Å²) in [5.41, 5.74) is 4.74. The Morgan fingerprint density at radius 1 is 0.464 bits per heavy atom. The van der Waals surface area contributed by atoms with Crippen LogP contribution in [-0.4, -0.2) is 0 Å². The van der Waals surface area contributed by atoms with Crippen molar-refractivity contribution >= 4 is 56.6 Å². The van der Waals surface area contributed by atoms with Crippen LogP contribution >= 0.6 is 0 Å². The summed E-state index contributed by atoms with van der Waals surface area (Å²) in [6, 6.07) is 26.1. The van der Waals surface area contributed by atoms with E-state index in [0.717, 1.165) is 5.56 Å². The zero-order valence-electron chi connectivity index (χ0n) is 15.7. The van der Waals surface area contributed by atoms with Gasteiger partial charge >= 0.3 is 0 Å². The van der Waals surface area contributed by atoms with Gasteiger partial charge in [0, 0.05) is 0 Å². The molecule has 5 aromatic carbocycles. The van der Waals surface area contributed by atoms with E-state index in [1.54, 1.807) is 0 Å². The fourth-order valence-corrected chi connectivity index (χ4v) is 4.10. The summed E-state index contributed by atoms with van der Waals surface area (Å²) in [6.45, 7) is 7.81. The first-order valence-electron chi connectivity index (χ1n) is 9.52. The maximum absolute atomic E-state index is 3.99. The van der Waals surface area contributed by atoms with Gasteiger partial charge in [-0.05, 0) is 54.6 Å². The molecule has 0 aliphatic carbocycles. The molecule has 0 atom stereocenters. The van der Waals surface area contributed by atoms with Gasteiger partial charge in [0.15, 0.2) is 0 Å². The molecule has 28 heavy (non-hydrogen) atoms. The largest absolute Gasteiger partial charge is 0.0985 e. The summed E-state index contributed by atoms with van der Waals surface area (Å²) in [5, 5.41) is 7.78. The average molecular weight is 356 g/mol. The van der Waals surface area contributed by atoms with E-state index < -0.39 is 0 Å². The van der Waals surface area contributed by atoms with E-state index >= 15 is 0 Å². The highest BCUT2D eigenvalue weighted by Gasteiger charge is 2.11. The smallest absolute Gasteiger partial charge is 0.00206 e. The summed E-state index contributed by atoms with van der Waals surface area (Å²) in [6.07, 6.45) is 8.20. The number of hydrogen-bond acceptors (Lipinski definition) is 0. The molecule has 0 radical (unpaired) electrons. The van der Waals surface area contributed by atoms with Gasteiger partial charge in [0.2, 0.25) is 0 Å². The summed E-state index contributed by atoms with van der Waals surface area (Å²) in [7, 11) is 0. The zero-order chi connectivity index (χ0) is 19.1. The Labute approximate surface area is 165 Å². The van der Waals surface area contributed by atoms with Crippen LogP contribution in [-0.2, 0) is 0 Å². The Kier molecular flexibility index (Phi) is 3.84. The highest BCUT2D eigenvalue weighted by atomic mass is 14.1. The van der Waals surface area contributed by atoms with Crippen LogP contribution in [0.3, 0.4) is 0 Å². The molecule has 0 saturated heterocycles. The first kappa shape index (κ1) is 16.5. The van der Waals surface area contributed by atoms with Crippen molar-refractivity contribution in [2.75, 3.05) is 0 Å². The van der Waals surface area contributed by atoms with Crippen LogP contribution in [0, 0.1) is 0 Å². The van der Waals surface area contributed by atoms with Gasteiger partial charge in [0.25, 0.3) is 0 Å². The third-order valence-electron chi connectivity index (χ3n) is 5.58. The molecular weight excluding hydrogens is 336 g/mol. The molecule has 0 unspecified atom stereocenters. The van der Waals surface area contributed by atoms with Crippen LogP contribution in [0.4, 0.5) is 0 Å². The first-order valence-corrected chi connectivity index (χ1v) is 9.52. The lowest BCUT2D eigenvalue weighted by atomic mass is 9.90. The number of rotatable bonds is 4. The summed E-state index contributed by atoms with van der Waals surface area (Å²) < 4.78 is 0. The predicted molar refractivity (Wildman–Crippen MR) is 126 cm³/mol. The third-order valence-corrected chi connectivity index (χ3v) is 5.58. The minimum absolute atomic E-state index is 1.14. The van der Waals surface area contributed by atoms with Gasteiger partial charge in [-0.3, -0.25) is 0 Å². The fourth-order valence-electron chi connectivity index (χ4n) is 4.10. The van der Waals surface area contributed by atoms with Crippen LogP contribution in [0.15, 0.2) is 86.0 Å². The fraction of sp³-hybridized carbons (Fsp3) is 0. The molecule has 0 amide bonds. The van der Waals surface area contributed by atoms with Crippen LogP contribution in [0.2, 0.25) is 0 Å². The van der Waals surface area contributed by atoms with Gasteiger partial charge in [0.1, 0.15) is 0 Å². The van der Waals surface area contributed by atoms with E-state index in [9.17, 15) is 0 Å².